The molecule has 1 saturated carbocycles. The van der Waals surface area contributed by atoms with Crippen molar-refractivity contribution < 1.29 is 0 Å². The van der Waals surface area contributed by atoms with Crippen molar-refractivity contribution in [1.82, 2.24) is 14.9 Å². The average Bonchev–Trinajstić information content (AvgIpc) is 2.66. The maximum atomic E-state index is 5.76. The van der Waals surface area contributed by atoms with Crippen LogP contribution in [0.25, 0.3) is 0 Å². The van der Waals surface area contributed by atoms with Crippen LogP contribution in [-0.2, 0) is 6.54 Å². The van der Waals surface area contributed by atoms with E-state index in [1.54, 1.807) is 0 Å². The number of benzene rings is 1. The van der Waals surface area contributed by atoms with E-state index in [4.69, 9.17) is 10.7 Å². The first kappa shape index (κ1) is 19.6. The van der Waals surface area contributed by atoms with Gasteiger partial charge in [0.15, 0.2) is 0 Å². The summed E-state index contributed by atoms with van der Waals surface area (Å²) in [5.41, 5.74) is 9.91. The first-order chi connectivity index (χ1) is 13.0. The molecule has 6 nitrogen and oxygen atoms in total. The number of anilines is 3. The highest BCUT2D eigenvalue weighted by Crippen LogP contribution is 2.26. The summed E-state index contributed by atoms with van der Waals surface area (Å²) in [5.74, 6) is 1.56. The van der Waals surface area contributed by atoms with Gasteiger partial charge in [-0.3, -0.25) is 0 Å². The summed E-state index contributed by atoms with van der Waals surface area (Å²) in [7, 11) is 4.34. The van der Waals surface area contributed by atoms with Crippen molar-refractivity contribution in [2.75, 3.05) is 24.7 Å². The second kappa shape index (κ2) is 8.67. The van der Waals surface area contributed by atoms with E-state index in [-0.39, 0.29) is 0 Å². The third kappa shape index (κ3) is 4.96. The third-order valence-corrected chi connectivity index (χ3v) is 5.57. The van der Waals surface area contributed by atoms with Crippen LogP contribution in [0, 0.1) is 13.8 Å². The van der Waals surface area contributed by atoms with Crippen LogP contribution in [0.4, 0.5) is 17.5 Å². The van der Waals surface area contributed by atoms with E-state index < -0.39 is 0 Å². The zero-order valence-corrected chi connectivity index (χ0v) is 16.9. The second-order valence-electron chi connectivity index (χ2n) is 7.75. The highest BCUT2D eigenvalue weighted by atomic mass is 15.2. The molecule has 0 bridgehead atoms. The fraction of sp³-hybridized carbons (Fsp3) is 0.524. The van der Waals surface area contributed by atoms with E-state index in [0.717, 1.165) is 41.2 Å². The molecular weight excluding hydrogens is 336 g/mol. The van der Waals surface area contributed by atoms with Crippen molar-refractivity contribution in [3.63, 3.8) is 0 Å². The van der Waals surface area contributed by atoms with Crippen LogP contribution in [0.1, 0.15) is 42.5 Å². The molecule has 1 aromatic heterocycles. The van der Waals surface area contributed by atoms with Crippen LogP contribution in [0.3, 0.4) is 0 Å². The molecular formula is C21H32N6. The monoisotopic (exact) mass is 368 g/mol. The summed E-state index contributed by atoms with van der Waals surface area (Å²) in [6.07, 6.45) is 4.74. The third-order valence-electron chi connectivity index (χ3n) is 5.57. The molecule has 0 aliphatic heterocycles. The van der Waals surface area contributed by atoms with E-state index >= 15 is 0 Å². The van der Waals surface area contributed by atoms with Crippen molar-refractivity contribution in [3.05, 3.63) is 41.1 Å². The van der Waals surface area contributed by atoms with Crippen molar-refractivity contribution in [1.29, 1.82) is 0 Å². The molecule has 1 aliphatic carbocycles. The van der Waals surface area contributed by atoms with Gasteiger partial charge in [-0.15, -0.1) is 0 Å². The molecule has 146 valence electrons. The lowest BCUT2D eigenvalue weighted by Gasteiger charge is -2.33. The van der Waals surface area contributed by atoms with Gasteiger partial charge in [0, 0.05) is 35.6 Å². The minimum Gasteiger partial charge on any atom is -0.351 e. The van der Waals surface area contributed by atoms with Gasteiger partial charge in [0.25, 0.3) is 0 Å². The number of nitrogens with two attached hydrogens (primary N) is 1. The van der Waals surface area contributed by atoms with E-state index in [1.807, 2.05) is 25.1 Å². The largest absolute Gasteiger partial charge is 0.351 e. The van der Waals surface area contributed by atoms with Gasteiger partial charge in [0.05, 0.1) is 0 Å². The molecule has 0 atom stereocenters. The van der Waals surface area contributed by atoms with Crippen LogP contribution >= 0.6 is 0 Å². The Bertz CT molecular complexity index is 765. The van der Waals surface area contributed by atoms with Crippen LogP contribution in [0.15, 0.2) is 24.3 Å². The Morgan fingerprint density at radius 3 is 2.52 bits per heavy atom. The number of hydrogen-bond donors (Lipinski definition) is 3. The van der Waals surface area contributed by atoms with Crippen LogP contribution < -0.4 is 16.4 Å². The molecule has 1 fully saturated rings. The second-order valence-corrected chi connectivity index (χ2v) is 7.75. The smallest absolute Gasteiger partial charge is 0.225 e. The van der Waals surface area contributed by atoms with Crippen LogP contribution in [-0.4, -0.2) is 41.0 Å². The lowest BCUT2D eigenvalue weighted by Crippen LogP contribution is -2.36. The highest BCUT2D eigenvalue weighted by Gasteiger charge is 2.23. The fourth-order valence-corrected chi connectivity index (χ4v) is 3.65. The standard InChI is InChI=1S/C21H32N6/c1-14-15(2)23-21(25-17-8-10-19(11-9-17)27(3)4)26-20(14)24-18-7-5-6-16(12-18)13-22/h5-7,12,17,19H,8-11,13,22H2,1-4H3,(H2,23,24,25,26). The molecule has 0 radical (unpaired) electrons. The van der Waals surface area contributed by atoms with Crippen molar-refractivity contribution in [2.45, 2.75) is 58.2 Å². The topological polar surface area (TPSA) is 79.1 Å². The van der Waals surface area contributed by atoms with E-state index in [2.05, 4.69) is 47.6 Å². The summed E-state index contributed by atoms with van der Waals surface area (Å²) in [5, 5.41) is 6.99. The van der Waals surface area contributed by atoms with Gasteiger partial charge in [-0.1, -0.05) is 12.1 Å². The fourth-order valence-electron chi connectivity index (χ4n) is 3.65. The Kier molecular flexibility index (Phi) is 6.29. The number of rotatable bonds is 6. The maximum Gasteiger partial charge on any atom is 0.225 e. The zero-order chi connectivity index (χ0) is 19.4. The van der Waals surface area contributed by atoms with Gasteiger partial charge in [-0.05, 0) is 71.3 Å². The van der Waals surface area contributed by atoms with Crippen LogP contribution in [0.5, 0.6) is 0 Å². The van der Waals surface area contributed by atoms with Gasteiger partial charge >= 0.3 is 0 Å². The van der Waals surface area contributed by atoms with Gasteiger partial charge in [0.2, 0.25) is 5.95 Å². The summed E-state index contributed by atoms with van der Waals surface area (Å²) < 4.78 is 0. The van der Waals surface area contributed by atoms with E-state index in [0.29, 0.717) is 24.6 Å². The molecule has 1 heterocycles. The highest BCUT2D eigenvalue weighted by molar-refractivity contribution is 5.62. The molecule has 3 rings (SSSR count). The predicted molar refractivity (Wildman–Crippen MR) is 112 cm³/mol. The summed E-state index contributed by atoms with van der Waals surface area (Å²) >= 11 is 0. The number of nitrogens with zero attached hydrogens (tertiary/aromatic N) is 3. The molecule has 0 amide bonds. The number of nitrogens with one attached hydrogen (secondary N) is 2. The normalized spacial score (nSPS) is 19.9. The number of aryl methyl sites for hydroxylation is 1. The lowest BCUT2D eigenvalue weighted by molar-refractivity contribution is 0.221. The number of hydrogen-bond acceptors (Lipinski definition) is 6. The quantitative estimate of drug-likeness (QED) is 0.723. The zero-order valence-electron chi connectivity index (χ0n) is 16.9. The molecule has 0 saturated heterocycles. The first-order valence-corrected chi connectivity index (χ1v) is 9.80. The van der Waals surface area contributed by atoms with Crippen molar-refractivity contribution in [2.24, 2.45) is 5.73 Å². The van der Waals surface area contributed by atoms with Crippen molar-refractivity contribution in [3.8, 4) is 0 Å². The number of aromatic nitrogens is 2. The Morgan fingerprint density at radius 1 is 1.11 bits per heavy atom. The SMILES string of the molecule is Cc1nc(NC2CCC(N(C)C)CC2)nc(Nc2cccc(CN)c2)c1C. The van der Waals surface area contributed by atoms with E-state index in [9.17, 15) is 0 Å². The molecule has 0 unspecified atom stereocenters. The molecule has 4 N–H and O–H groups in total. The Morgan fingerprint density at radius 2 is 1.85 bits per heavy atom. The minimum atomic E-state index is 0.441. The summed E-state index contributed by atoms with van der Waals surface area (Å²) in [6.45, 7) is 4.61. The maximum absolute atomic E-state index is 5.76. The van der Waals surface area contributed by atoms with Gasteiger partial charge < -0.3 is 21.3 Å². The minimum absolute atomic E-state index is 0.441. The van der Waals surface area contributed by atoms with Crippen molar-refractivity contribution >= 4 is 17.5 Å². The molecule has 1 aliphatic rings. The van der Waals surface area contributed by atoms with Gasteiger partial charge in [0.1, 0.15) is 5.82 Å². The Hall–Kier alpha value is -2.18. The Labute approximate surface area is 162 Å². The molecule has 2 aromatic rings. The van der Waals surface area contributed by atoms with Gasteiger partial charge in [-0.2, -0.15) is 4.98 Å². The molecule has 6 heteroatoms. The predicted octanol–water partition coefficient (Wildman–Crippen LogP) is 3.58. The molecule has 27 heavy (non-hydrogen) atoms. The first-order valence-electron chi connectivity index (χ1n) is 9.80. The molecule has 1 aromatic carbocycles. The summed E-state index contributed by atoms with van der Waals surface area (Å²) in [6, 6.07) is 9.27. The summed E-state index contributed by atoms with van der Waals surface area (Å²) in [4.78, 5) is 11.8. The van der Waals surface area contributed by atoms with Crippen LogP contribution in [0.2, 0.25) is 0 Å². The molecule has 0 spiro atoms. The lowest BCUT2D eigenvalue weighted by atomic mass is 9.90. The van der Waals surface area contributed by atoms with E-state index in [1.165, 1.54) is 12.8 Å². The van der Waals surface area contributed by atoms with Gasteiger partial charge in [-0.25, -0.2) is 4.98 Å². The Balaban J connectivity index is 1.72. The average molecular weight is 369 g/mol.